The maximum atomic E-state index is 12.3. The summed E-state index contributed by atoms with van der Waals surface area (Å²) in [5.41, 5.74) is 0. The summed E-state index contributed by atoms with van der Waals surface area (Å²) in [6.07, 6.45) is 5.90. The van der Waals surface area contributed by atoms with Gasteiger partial charge < -0.3 is 10.2 Å². The maximum absolute atomic E-state index is 12.3. The summed E-state index contributed by atoms with van der Waals surface area (Å²) in [5, 5.41) is 4.08. The van der Waals surface area contributed by atoms with Crippen LogP contribution in [0.5, 0.6) is 0 Å². The molecule has 98 valence electrons. The van der Waals surface area contributed by atoms with Crippen molar-refractivity contribution >= 4 is 17.7 Å². The molecule has 0 aromatic carbocycles. The van der Waals surface area contributed by atoms with Crippen molar-refractivity contribution in [3.05, 3.63) is 0 Å². The molecule has 3 nitrogen and oxygen atoms in total. The summed E-state index contributed by atoms with van der Waals surface area (Å²) in [5.74, 6) is 1.63. The van der Waals surface area contributed by atoms with Gasteiger partial charge in [-0.15, -0.1) is 0 Å². The van der Waals surface area contributed by atoms with E-state index in [1.807, 2.05) is 11.8 Å². The highest BCUT2D eigenvalue weighted by Crippen LogP contribution is 2.27. The molecule has 2 fully saturated rings. The van der Waals surface area contributed by atoms with Crippen molar-refractivity contribution in [3.8, 4) is 0 Å². The van der Waals surface area contributed by atoms with Crippen LogP contribution < -0.4 is 5.32 Å². The predicted molar refractivity (Wildman–Crippen MR) is 73.4 cm³/mol. The van der Waals surface area contributed by atoms with Gasteiger partial charge in [-0.25, -0.2) is 0 Å². The van der Waals surface area contributed by atoms with Crippen LogP contribution in [0.1, 0.15) is 39.0 Å². The van der Waals surface area contributed by atoms with E-state index >= 15 is 0 Å². The predicted octanol–water partition coefficient (Wildman–Crippen LogP) is 1.87. The molecule has 2 rings (SSSR count). The number of thioether (sulfide) groups is 1. The summed E-state index contributed by atoms with van der Waals surface area (Å²) in [4.78, 5) is 14.4. The normalized spacial score (nSPS) is 29.9. The second-order valence-corrected chi connectivity index (χ2v) is 6.48. The molecule has 2 saturated heterocycles. The highest BCUT2D eigenvalue weighted by Gasteiger charge is 2.30. The minimum atomic E-state index is 0.0927. The highest BCUT2D eigenvalue weighted by atomic mass is 32.2. The number of hydrogen-bond acceptors (Lipinski definition) is 3. The number of likely N-dealkylation sites (tertiary alicyclic amines) is 1. The number of nitrogens with zero attached hydrogens (tertiary/aromatic N) is 1. The van der Waals surface area contributed by atoms with Crippen LogP contribution in [0.15, 0.2) is 0 Å². The fraction of sp³-hybridized carbons (Fsp3) is 0.923. The lowest BCUT2D eigenvalue weighted by molar-refractivity contribution is -0.135. The Morgan fingerprint density at radius 3 is 3.00 bits per heavy atom. The van der Waals surface area contributed by atoms with E-state index in [2.05, 4.69) is 17.1 Å². The molecule has 2 aliphatic heterocycles. The number of hydrogen-bond donors (Lipinski definition) is 1. The van der Waals surface area contributed by atoms with Crippen LogP contribution in [0.2, 0.25) is 0 Å². The topological polar surface area (TPSA) is 32.3 Å². The molecule has 1 N–H and O–H groups in total. The molecule has 17 heavy (non-hydrogen) atoms. The van der Waals surface area contributed by atoms with E-state index in [0.29, 0.717) is 11.2 Å². The van der Waals surface area contributed by atoms with Crippen molar-refractivity contribution in [1.29, 1.82) is 0 Å². The van der Waals surface area contributed by atoms with E-state index < -0.39 is 0 Å². The number of rotatable bonds is 5. The summed E-state index contributed by atoms with van der Waals surface area (Å²) < 4.78 is 0. The fourth-order valence-corrected chi connectivity index (χ4v) is 3.95. The zero-order valence-electron chi connectivity index (χ0n) is 10.8. The van der Waals surface area contributed by atoms with Crippen molar-refractivity contribution in [3.63, 3.8) is 0 Å². The van der Waals surface area contributed by atoms with Crippen LogP contribution in [0, 0.1) is 0 Å². The summed E-state index contributed by atoms with van der Waals surface area (Å²) in [6.45, 7) is 5.06. The maximum Gasteiger partial charge on any atom is 0.239 e. The molecule has 0 bridgehead atoms. The molecule has 4 heteroatoms. The Kier molecular flexibility index (Phi) is 5.16. The summed E-state index contributed by atoms with van der Waals surface area (Å²) in [7, 11) is 0. The smallest absolute Gasteiger partial charge is 0.239 e. The largest absolute Gasteiger partial charge is 0.340 e. The first-order chi connectivity index (χ1) is 8.31. The molecule has 2 heterocycles. The number of piperidine rings is 1. The Bertz CT molecular complexity index is 254. The van der Waals surface area contributed by atoms with E-state index in [1.54, 1.807) is 0 Å². The highest BCUT2D eigenvalue weighted by molar-refractivity contribution is 8.00. The standard InChI is InChI=1S/C13H24N2OS/c1-2-7-14-12-6-3-8-15(13(12)16)10-11-5-4-9-17-11/h11-12,14H,2-10H2,1H3. The van der Waals surface area contributed by atoms with Crippen LogP contribution in [0.4, 0.5) is 0 Å². The second-order valence-electron chi connectivity index (χ2n) is 5.07. The molecule has 2 atom stereocenters. The minimum absolute atomic E-state index is 0.0927. The molecular formula is C13H24N2OS. The van der Waals surface area contributed by atoms with Crippen molar-refractivity contribution < 1.29 is 4.79 Å². The lowest BCUT2D eigenvalue weighted by Gasteiger charge is -2.34. The Balaban J connectivity index is 1.82. The first kappa shape index (κ1) is 13.2. The van der Waals surface area contributed by atoms with E-state index in [-0.39, 0.29) is 6.04 Å². The number of nitrogens with one attached hydrogen (secondary N) is 1. The van der Waals surface area contributed by atoms with Gasteiger partial charge in [0.25, 0.3) is 0 Å². The molecule has 0 spiro atoms. The average molecular weight is 256 g/mol. The Hall–Kier alpha value is -0.220. The minimum Gasteiger partial charge on any atom is -0.340 e. The Labute approximate surface area is 109 Å². The molecular weight excluding hydrogens is 232 g/mol. The zero-order valence-corrected chi connectivity index (χ0v) is 11.6. The van der Waals surface area contributed by atoms with Crippen LogP contribution in [0.25, 0.3) is 0 Å². The van der Waals surface area contributed by atoms with Gasteiger partial charge in [0.15, 0.2) is 0 Å². The van der Waals surface area contributed by atoms with Gasteiger partial charge in [0, 0.05) is 18.3 Å². The van der Waals surface area contributed by atoms with Crippen LogP contribution in [-0.2, 0) is 4.79 Å². The van der Waals surface area contributed by atoms with E-state index in [4.69, 9.17) is 0 Å². The average Bonchev–Trinajstić information content (AvgIpc) is 2.83. The van der Waals surface area contributed by atoms with Crippen molar-refractivity contribution in [1.82, 2.24) is 10.2 Å². The van der Waals surface area contributed by atoms with Crippen molar-refractivity contribution in [2.45, 2.75) is 50.3 Å². The summed E-state index contributed by atoms with van der Waals surface area (Å²) >= 11 is 2.04. The molecule has 0 aromatic heterocycles. The van der Waals surface area contributed by atoms with E-state index in [0.717, 1.165) is 38.9 Å². The lowest BCUT2D eigenvalue weighted by Crippen LogP contribution is -2.52. The van der Waals surface area contributed by atoms with Gasteiger partial charge in [-0.05, 0) is 44.4 Å². The molecule has 0 saturated carbocycles. The van der Waals surface area contributed by atoms with Crippen LogP contribution >= 0.6 is 11.8 Å². The second kappa shape index (κ2) is 6.64. The number of amides is 1. The molecule has 0 radical (unpaired) electrons. The first-order valence-electron chi connectivity index (χ1n) is 6.95. The SMILES string of the molecule is CCCNC1CCCN(CC2CCCS2)C1=O. The molecule has 0 aliphatic carbocycles. The van der Waals surface area contributed by atoms with Gasteiger partial charge >= 0.3 is 0 Å². The van der Waals surface area contributed by atoms with Gasteiger partial charge in [-0.1, -0.05) is 6.92 Å². The van der Waals surface area contributed by atoms with Crippen molar-refractivity contribution in [2.24, 2.45) is 0 Å². The Morgan fingerprint density at radius 2 is 2.29 bits per heavy atom. The number of carbonyl (C=O) groups is 1. The van der Waals surface area contributed by atoms with Gasteiger partial charge in [0.2, 0.25) is 5.91 Å². The summed E-state index contributed by atoms with van der Waals surface area (Å²) in [6, 6.07) is 0.0927. The third kappa shape index (κ3) is 3.62. The van der Waals surface area contributed by atoms with Crippen molar-refractivity contribution in [2.75, 3.05) is 25.4 Å². The van der Waals surface area contributed by atoms with Crippen LogP contribution in [0.3, 0.4) is 0 Å². The molecule has 2 aliphatic rings. The van der Waals surface area contributed by atoms with Gasteiger partial charge in [-0.2, -0.15) is 11.8 Å². The van der Waals surface area contributed by atoms with Crippen LogP contribution in [-0.4, -0.2) is 47.5 Å². The van der Waals surface area contributed by atoms with Gasteiger partial charge in [-0.3, -0.25) is 4.79 Å². The fourth-order valence-electron chi connectivity index (χ4n) is 2.66. The quantitative estimate of drug-likeness (QED) is 0.815. The number of carbonyl (C=O) groups excluding carboxylic acids is 1. The van der Waals surface area contributed by atoms with E-state index in [1.165, 1.54) is 18.6 Å². The van der Waals surface area contributed by atoms with Gasteiger partial charge in [0.05, 0.1) is 6.04 Å². The zero-order chi connectivity index (χ0) is 12.1. The monoisotopic (exact) mass is 256 g/mol. The first-order valence-corrected chi connectivity index (χ1v) is 8.00. The third-order valence-corrected chi connectivity index (χ3v) is 5.00. The molecule has 2 unspecified atom stereocenters. The van der Waals surface area contributed by atoms with E-state index in [9.17, 15) is 4.79 Å². The molecule has 1 amide bonds. The molecule has 0 aromatic rings. The third-order valence-electron chi connectivity index (χ3n) is 3.62. The lowest BCUT2D eigenvalue weighted by atomic mass is 10.0. The van der Waals surface area contributed by atoms with Gasteiger partial charge in [0.1, 0.15) is 0 Å². The Morgan fingerprint density at radius 1 is 1.41 bits per heavy atom.